The third kappa shape index (κ3) is 5.04. The number of amides is 1. The molecule has 1 aromatic heterocycles. The summed E-state index contributed by atoms with van der Waals surface area (Å²) in [5.74, 6) is 2.17. The number of nitrogens with one attached hydrogen (secondary N) is 1. The molecular formula is C21H28N4O. The minimum Gasteiger partial charge on any atom is -0.356 e. The maximum Gasteiger partial charge on any atom is 0.270 e. The fourth-order valence-electron chi connectivity index (χ4n) is 3.30. The Bertz CT molecular complexity index is 724. The number of carbonyl (C=O) groups is 1. The molecule has 2 heterocycles. The Morgan fingerprint density at radius 2 is 1.92 bits per heavy atom. The Morgan fingerprint density at radius 3 is 2.65 bits per heavy atom. The Morgan fingerprint density at radius 1 is 1.19 bits per heavy atom. The van der Waals surface area contributed by atoms with Gasteiger partial charge in [-0.3, -0.25) is 4.79 Å². The number of nitrogens with zero attached hydrogens (tertiary/aromatic N) is 3. The molecule has 1 fully saturated rings. The van der Waals surface area contributed by atoms with Crippen LogP contribution in [0.15, 0.2) is 36.4 Å². The lowest BCUT2D eigenvalue weighted by Gasteiger charge is -2.31. The third-order valence-corrected chi connectivity index (χ3v) is 4.94. The van der Waals surface area contributed by atoms with Crippen molar-refractivity contribution in [2.24, 2.45) is 5.92 Å². The van der Waals surface area contributed by atoms with E-state index in [1.54, 1.807) is 0 Å². The van der Waals surface area contributed by atoms with E-state index >= 15 is 0 Å². The first kappa shape index (κ1) is 18.4. The smallest absolute Gasteiger partial charge is 0.270 e. The van der Waals surface area contributed by atoms with Crippen LogP contribution in [-0.2, 0) is 6.42 Å². The molecule has 0 bridgehead atoms. The molecule has 0 saturated carbocycles. The van der Waals surface area contributed by atoms with E-state index in [0.717, 1.165) is 37.7 Å². The van der Waals surface area contributed by atoms with Gasteiger partial charge in [-0.2, -0.15) is 0 Å². The van der Waals surface area contributed by atoms with E-state index in [2.05, 4.69) is 39.2 Å². The van der Waals surface area contributed by atoms with E-state index in [9.17, 15) is 4.79 Å². The van der Waals surface area contributed by atoms with Crippen LogP contribution in [0.5, 0.6) is 0 Å². The van der Waals surface area contributed by atoms with E-state index in [4.69, 9.17) is 0 Å². The lowest BCUT2D eigenvalue weighted by molar-refractivity contribution is 0.0948. The topological polar surface area (TPSA) is 58.1 Å². The molecule has 1 amide bonds. The maximum absolute atomic E-state index is 12.5. The van der Waals surface area contributed by atoms with Crippen LogP contribution in [0.2, 0.25) is 0 Å². The van der Waals surface area contributed by atoms with Crippen molar-refractivity contribution in [3.63, 3.8) is 0 Å². The van der Waals surface area contributed by atoms with Crippen LogP contribution >= 0.6 is 0 Å². The van der Waals surface area contributed by atoms with Crippen molar-refractivity contribution in [1.82, 2.24) is 15.3 Å². The summed E-state index contributed by atoms with van der Waals surface area (Å²) in [6, 6.07) is 12.2. The predicted octanol–water partition coefficient (Wildman–Crippen LogP) is 3.38. The van der Waals surface area contributed by atoms with Crippen molar-refractivity contribution in [3.05, 3.63) is 53.5 Å². The summed E-state index contributed by atoms with van der Waals surface area (Å²) in [6.07, 6.45) is 4.21. The molecule has 5 nitrogen and oxygen atoms in total. The summed E-state index contributed by atoms with van der Waals surface area (Å²) in [6.45, 7) is 6.78. The number of piperidine rings is 1. The number of anilines is 1. The highest BCUT2D eigenvalue weighted by atomic mass is 16.1. The molecule has 0 unspecified atom stereocenters. The molecule has 138 valence electrons. The minimum atomic E-state index is -0.116. The van der Waals surface area contributed by atoms with Gasteiger partial charge in [-0.1, -0.05) is 37.3 Å². The van der Waals surface area contributed by atoms with E-state index in [1.807, 2.05) is 31.2 Å². The van der Waals surface area contributed by atoms with Crippen molar-refractivity contribution in [2.75, 3.05) is 24.5 Å². The summed E-state index contributed by atoms with van der Waals surface area (Å²) in [7, 11) is 0. The highest BCUT2D eigenvalue weighted by Crippen LogP contribution is 2.21. The third-order valence-electron chi connectivity index (χ3n) is 4.94. The fourth-order valence-corrected chi connectivity index (χ4v) is 3.30. The van der Waals surface area contributed by atoms with Gasteiger partial charge in [0.15, 0.2) is 0 Å². The van der Waals surface area contributed by atoms with Gasteiger partial charge in [-0.05, 0) is 44.1 Å². The summed E-state index contributed by atoms with van der Waals surface area (Å²) in [5.41, 5.74) is 1.76. The monoisotopic (exact) mass is 352 g/mol. The molecule has 3 rings (SSSR count). The fraction of sp³-hybridized carbons (Fsp3) is 0.476. The van der Waals surface area contributed by atoms with Crippen LogP contribution in [0.4, 0.5) is 5.82 Å². The number of hydrogen-bond donors (Lipinski definition) is 1. The Kier molecular flexibility index (Phi) is 6.21. The molecule has 0 spiro atoms. The van der Waals surface area contributed by atoms with Crippen LogP contribution in [0.25, 0.3) is 0 Å². The van der Waals surface area contributed by atoms with Gasteiger partial charge in [0.05, 0.1) is 0 Å². The summed E-state index contributed by atoms with van der Waals surface area (Å²) in [5, 5.41) is 2.99. The Balaban J connectivity index is 1.55. The number of benzene rings is 1. The van der Waals surface area contributed by atoms with E-state index in [-0.39, 0.29) is 5.91 Å². The largest absolute Gasteiger partial charge is 0.356 e. The van der Waals surface area contributed by atoms with E-state index in [0.29, 0.717) is 18.1 Å². The molecule has 1 aromatic carbocycles. The number of rotatable bonds is 6. The second-order valence-electron chi connectivity index (χ2n) is 7.17. The molecule has 1 aliphatic heterocycles. The first-order valence-electron chi connectivity index (χ1n) is 9.54. The highest BCUT2D eigenvalue weighted by Gasteiger charge is 2.19. The van der Waals surface area contributed by atoms with Crippen molar-refractivity contribution >= 4 is 11.7 Å². The number of aromatic nitrogens is 2. The zero-order valence-corrected chi connectivity index (χ0v) is 15.7. The molecule has 1 saturated heterocycles. The molecule has 0 aliphatic carbocycles. The van der Waals surface area contributed by atoms with E-state index in [1.165, 1.54) is 18.4 Å². The second-order valence-corrected chi connectivity index (χ2v) is 7.17. The maximum atomic E-state index is 12.5. The van der Waals surface area contributed by atoms with Gasteiger partial charge in [0.25, 0.3) is 5.91 Å². The van der Waals surface area contributed by atoms with Crippen LogP contribution in [-0.4, -0.2) is 35.5 Å². The average molecular weight is 352 g/mol. The zero-order valence-electron chi connectivity index (χ0n) is 15.7. The molecule has 0 atom stereocenters. The molecule has 5 heteroatoms. The van der Waals surface area contributed by atoms with Gasteiger partial charge >= 0.3 is 0 Å². The SMILES string of the molecule is Cc1nc(C(=O)NCCCc2ccccc2)cc(N2CCC(C)CC2)n1. The normalized spacial score (nSPS) is 15.1. The zero-order chi connectivity index (χ0) is 18.4. The van der Waals surface area contributed by atoms with Gasteiger partial charge in [0, 0.05) is 25.7 Å². The van der Waals surface area contributed by atoms with Crippen LogP contribution in [0.3, 0.4) is 0 Å². The van der Waals surface area contributed by atoms with Crippen molar-refractivity contribution < 1.29 is 4.79 Å². The minimum absolute atomic E-state index is 0.116. The quantitative estimate of drug-likeness (QED) is 0.810. The molecule has 2 aromatic rings. The summed E-state index contributed by atoms with van der Waals surface area (Å²) >= 11 is 0. The second kappa shape index (κ2) is 8.79. The number of hydrogen-bond acceptors (Lipinski definition) is 4. The highest BCUT2D eigenvalue weighted by molar-refractivity contribution is 5.92. The Labute approximate surface area is 155 Å². The van der Waals surface area contributed by atoms with Crippen LogP contribution in [0.1, 0.15) is 48.1 Å². The standard InChI is InChI=1S/C21H28N4O/c1-16-10-13-25(14-11-16)20-15-19(23-17(2)24-20)21(26)22-12-6-9-18-7-4-3-5-8-18/h3-5,7-8,15-16H,6,9-14H2,1-2H3,(H,22,26). The van der Waals surface area contributed by atoms with Crippen LogP contribution < -0.4 is 10.2 Å². The molecular weight excluding hydrogens is 324 g/mol. The van der Waals surface area contributed by atoms with Gasteiger partial charge < -0.3 is 10.2 Å². The predicted molar refractivity (Wildman–Crippen MR) is 104 cm³/mol. The van der Waals surface area contributed by atoms with Gasteiger partial charge in [-0.25, -0.2) is 9.97 Å². The van der Waals surface area contributed by atoms with E-state index < -0.39 is 0 Å². The van der Waals surface area contributed by atoms with Crippen molar-refractivity contribution in [3.8, 4) is 0 Å². The first-order valence-corrected chi connectivity index (χ1v) is 9.54. The molecule has 1 N–H and O–H groups in total. The lowest BCUT2D eigenvalue weighted by Crippen LogP contribution is -2.34. The van der Waals surface area contributed by atoms with Crippen LogP contribution in [0, 0.1) is 12.8 Å². The summed E-state index contributed by atoms with van der Waals surface area (Å²) in [4.78, 5) is 23.6. The first-order chi connectivity index (χ1) is 12.6. The Hall–Kier alpha value is -2.43. The molecule has 1 aliphatic rings. The number of aryl methyl sites for hydroxylation is 2. The average Bonchev–Trinajstić information content (AvgIpc) is 2.66. The van der Waals surface area contributed by atoms with Crippen molar-refractivity contribution in [1.29, 1.82) is 0 Å². The van der Waals surface area contributed by atoms with Gasteiger partial charge in [0.1, 0.15) is 17.3 Å². The van der Waals surface area contributed by atoms with Gasteiger partial charge in [0.2, 0.25) is 0 Å². The molecule has 26 heavy (non-hydrogen) atoms. The number of carbonyl (C=O) groups excluding carboxylic acids is 1. The van der Waals surface area contributed by atoms with Crippen molar-refractivity contribution in [2.45, 2.75) is 39.5 Å². The lowest BCUT2D eigenvalue weighted by atomic mass is 9.99. The summed E-state index contributed by atoms with van der Waals surface area (Å²) < 4.78 is 0. The van der Waals surface area contributed by atoms with Gasteiger partial charge in [-0.15, -0.1) is 0 Å². The molecule has 0 radical (unpaired) electrons.